The second-order valence-corrected chi connectivity index (χ2v) is 3.58. The Bertz CT molecular complexity index is 170. The highest BCUT2D eigenvalue weighted by Gasteiger charge is 2.24. The van der Waals surface area contributed by atoms with E-state index in [1.54, 1.807) is 6.82 Å². The molecule has 0 aromatic heterocycles. The van der Waals surface area contributed by atoms with Crippen LogP contribution >= 0.6 is 0 Å². The van der Waals surface area contributed by atoms with Crippen LogP contribution < -0.4 is 0 Å². The van der Waals surface area contributed by atoms with E-state index in [9.17, 15) is 9.82 Å². The summed E-state index contributed by atoms with van der Waals surface area (Å²) in [6.45, 7) is 7.10. The third-order valence-corrected chi connectivity index (χ3v) is 2.65. The van der Waals surface area contributed by atoms with E-state index in [1.165, 1.54) is 0 Å². The summed E-state index contributed by atoms with van der Waals surface area (Å²) in [5.74, 6) is 0. The Kier molecular flexibility index (Phi) is 3.90. The first kappa shape index (κ1) is 10.7. The molecule has 0 amide bonds. The second-order valence-electron chi connectivity index (χ2n) is 3.58. The second kappa shape index (κ2) is 4.74. The minimum atomic E-state index is -0.367. The van der Waals surface area contributed by atoms with Crippen molar-refractivity contribution in [1.29, 1.82) is 0 Å². The largest absolute Gasteiger partial charge is 0.437 e. The van der Waals surface area contributed by atoms with Gasteiger partial charge in [0, 0.05) is 26.2 Å². The highest BCUT2D eigenvalue weighted by molar-refractivity contribution is 6.45. The average Bonchev–Trinajstić information content (AvgIpc) is 2.17. The van der Waals surface area contributed by atoms with Gasteiger partial charge >= 0.3 is 7.05 Å². The molecule has 1 N–H and O–H groups in total. The van der Waals surface area contributed by atoms with Gasteiger partial charge in [0.05, 0.1) is 6.04 Å². The van der Waals surface area contributed by atoms with Crippen LogP contribution in [-0.4, -0.2) is 60.3 Å². The number of hydrogen-bond acceptors (Lipinski definition) is 4. The molecule has 1 fully saturated rings. The zero-order valence-corrected chi connectivity index (χ0v) is 8.31. The summed E-state index contributed by atoms with van der Waals surface area (Å²) in [7, 11) is -0.367. The predicted molar refractivity (Wildman–Crippen MR) is 52.5 cm³/mol. The van der Waals surface area contributed by atoms with Gasteiger partial charge in [-0.05, 0) is 13.7 Å². The molecular weight excluding hydrogens is 167 g/mol. The van der Waals surface area contributed by atoms with Crippen LogP contribution in [0.1, 0.15) is 6.92 Å². The predicted octanol–water partition coefficient (Wildman–Crippen LogP) is -0.698. The molecule has 74 valence electrons. The Morgan fingerprint density at radius 2 is 1.92 bits per heavy atom. The molecule has 1 aliphatic rings. The highest BCUT2D eigenvalue weighted by Crippen LogP contribution is 2.05. The van der Waals surface area contributed by atoms with Gasteiger partial charge in [0.2, 0.25) is 0 Å². The van der Waals surface area contributed by atoms with Crippen LogP contribution in [0.2, 0.25) is 6.82 Å². The van der Waals surface area contributed by atoms with Crippen molar-refractivity contribution in [2.24, 2.45) is 0 Å². The van der Waals surface area contributed by atoms with Crippen molar-refractivity contribution >= 4 is 13.3 Å². The molecule has 1 atom stereocenters. The van der Waals surface area contributed by atoms with Gasteiger partial charge in [-0.15, -0.1) is 0 Å². The first-order chi connectivity index (χ1) is 6.15. The molecule has 5 heteroatoms. The Hall–Kier alpha value is -0.385. The van der Waals surface area contributed by atoms with E-state index >= 15 is 0 Å². The van der Waals surface area contributed by atoms with Crippen molar-refractivity contribution in [3.8, 4) is 0 Å². The quantitative estimate of drug-likeness (QED) is 0.465. The standard InChI is InChI=1S/C8H17BN2O2/c1-8(7-12)10-3-5-11(6-4-10)9(2)13/h7-8,13H,3-6H2,1-2H3. The van der Waals surface area contributed by atoms with Crippen molar-refractivity contribution in [3.63, 3.8) is 0 Å². The Morgan fingerprint density at radius 3 is 2.31 bits per heavy atom. The molecule has 0 radical (unpaired) electrons. The first-order valence-corrected chi connectivity index (χ1v) is 4.76. The van der Waals surface area contributed by atoms with E-state index in [4.69, 9.17) is 0 Å². The molecule has 1 heterocycles. The lowest BCUT2D eigenvalue weighted by Crippen LogP contribution is -2.53. The Morgan fingerprint density at radius 1 is 1.38 bits per heavy atom. The number of carbonyl (C=O) groups is 1. The summed E-state index contributed by atoms with van der Waals surface area (Å²) in [4.78, 5) is 14.7. The molecule has 13 heavy (non-hydrogen) atoms. The highest BCUT2D eigenvalue weighted by atomic mass is 16.2. The van der Waals surface area contributed by atoms with Crippen LogP contribution in [0.15, 0.2) is 0 Å². The zero-order chi connectivity index (χ0) is 9.84. The van der Waals surface area contributed by atoms with Crippen LogP contribution in [-0.2, 0) is 4.79 Å². The minimum absolute atomic E-state index is 0.0103. The van der Waals surface area contributed by atoms with Gasteiger partial charge in [-0.2, -0.15) is 0 Å². The molecule has 4 nitrogen and oxygen atoms in total. The van der Waals surface area contributed by atoms with Crippen molar-refractivity contribution in [1.82, 2.24) is 9.71 Å². The summed E-state index contributed by atoms with van der Waals surface area (Å²) in [5, 5.41) is 9.30. The van der Waals surface area contributed by atoms with Gasteiger partial charge in [-0.3, -0.25) is 4.90 Å². The maximum atomic E-state index is 10.5. The molecule has 0 aromatic rings. The molecule has 1 saturated heterocycles. The third-order valence-electron chi connectivity index (χ3n) is 2.65. The number of hydrogen-bond donors (Lipinski definition) is 1. The fraction of sp³-hybridized carbons (Fsp3) is 0.875. The van der Waals surface area contributed by atoms with Crippen LogP contribution in [0.3, 0.4) is 0 Å². The third kappa shape index (κ3) is 2.79. The first-order valence-electron chi connectivity index (χ1n) is 4.76. The van der Waals surface area contributed by atoms with E-state index in [-0.39, 0.29) is 13.1 Å². The topological polar surface area (TPSA) is 43.8 Å². The fourth-order valence-electron chi connectivity index (χ4n) is 1.60. The van der Waals surface area contributed by atoms with E-state index < -0.39 is 0 Å². The molecule has 0 aliphatic carbocycles. The number of aldehydes is 1. The summed E-state index contributed by atoms with van der Waals surface area (Å²) in [6, 6.07) is 0.0103. The molecule has 0 saturated carbocycles. The van der Waals surface area contributed by atoms with E-state index in [2.05, 4.69) is 4.90 Å². The summed E-state index contributed by atoms with van der Waals surface area (Å²) < 4.78 is 0. The summed E-state index contributed by atoms with van der Waals surface area (Å²) >= 11 is 0. The van der Waals surface area contributed by atoms with Crippen molar-refractivity contribution < 1.29 is 9.82 Å². The summed E-state index contributed by atoms with van der Waals surface area (Å²) in [6.07, 6.45) is 0.970. The average molecular weight is 184 g/mol. The van der Waals surface area contributed by atoms with E-state index in [0.717, 1.165) is 32.5 Å². The van der Waals surface area contributed by atoms with Crippen molar-refractivity contribution in [3.05, 3.63) is 0 Å². The molecule has 0 spiro atoms. The van der Waals surface area contributed by atoms with E-state index in [1.807, 2.05) is 11.7 Å². The number of nitrogens with zero attached hydrogens (tertiary/aromatic N) is 2. The van der Waals surface area contributed by atoms with Gasteiger partial charge in [0.1, 0.15) is 6.29 Å². The Balaban J connectivity index is 2.34. The van der Waals surface area contributed by atoms with E-state index in [0.29, 0.717) is 0 Å². The zero-order valence-electron chi connectivity index (χ0n) is 8.31. The molecule has 1 aliphatic heterocycles. The molecule has 0 bridgehead atoms. The lowest BCUT2D eigenvalue weighted by molar-refractivity contribution is -0.112. The van der Waals surface area contributed by atoms with Gasteiger partial charge in [-0.1, -0.05) is 0 Å². The molecule has 0 aromatic carbocycles. The lowest BCUT2D eigenvalue weighted by Gasteiger charge is -2.36. The van der Waals surface area contributed by atoms with Crippen molar-refractivity contribution in [2.75, 3.05) is 26.2 Å². The van der Waals surface area contributed by atoms with Crippen LogP contribution in [0.4, 0.5) is 0 Å². The number of carbonyl (C=O) groups excluding carboxylic acids is 1. The Labute approximate surface area is 79.6 Å². The number of piperazine rings is 1. The smallest absolute Gasteiger partial charge is 0.376 e. The maximum absolute atomic E-state index is 10.5. The van der Waals surface area contributed by atoms with Gasteiger partial charge in [0.25, 0.3) is 0 Å². The van der Waals surface area contributed by atoms with Crippen molar-refractivity contribution in [2.45, 2.75) is 19.8 Å². The van der Waals surface area contributed by atoms with Gasteiger partial charge < -0.3 is 14.6 Å². The maximum Gasteiger partial charge on any atom is 0.376 e. The van der Waals surface area contributed by atoms with Crippen LogP contribution in [0.25, 0.3) is 0 Å². The molecule has 1 unspecified atom stereocenters. The SMILES string of the molecule is CB(O)N1CCN(C(C)C=O)CC1. The summed E-state index contributed by atoms with van der Waals surface area (Å²) in [5.41, 5.74) is 0. The van der Waals surface area contributed by atoms with Gasteiger partial charge in [-0.25, -0.2) is 0 Å². The lowest BCUT2D eigenvalue weighted by atomic mass is 9.84. The normalized spacial score (nSPS) is 22.7. The fourth-order valence-corrected chi connectivity index (χ4v) is 1.60. The van der Waals surface area contributed by atoms with Crippen LogP contribution in [0.5, 0.6) is 0 Å². The molecule has 1 rings (SSSR count). The van der Waals surface area contributed by atoms with Gasteiger partial charge in [0.15, 0.2) is 0 Å². The minimum Gasteiger partial charge on any atom is -0.437 e. The molecular formula is C8H17BN2O2. The monoisotopic (exact) mass is 184 g/mol. The number of rotatable bonds is 3. The van der Waals surface area contributed by atoms with Crippen LogP contribution in [0, 0.1) is 0 Å².